The maximum atomic E-state index is 5.98. The minimum atomic E-state index is -0.0444. The smallest absolute Gasteiger partial charge is 0.143 e. The molecular weight excluding hydrogens is 318 g/mol. The molecule has 1 N–H and O–H groups in total. The fourth-order valence-electron chi connectivity index (χ4n) is 3.26. The van der Waals surface area contributed by atoms with Gasteiger partial charge in [-0.25, -0.2) is 9.97 Å². The summed E-state index contributed by atoms with van der Waals surface area (Å²) in [5, 5.41) is 4.02. The van der Waals surface area contributed by atoms with Crippen LogP contribution in [0.2, 0.25) is 0 Å². The van der Waals surface area contributed by atoms with E-state index in [0.29, 0.717) is 6.61 Å². The second-order valence-corrected chi connectivity index (χ2v) is 6.32. The minimum absolute atomic E-state index is 0.0444. The SMILES string of the molecule is Cc1noc(C)c1-c1cccc([C@@H]2CN(Cc3cnc[nH]3)CCO2)n1. The fourth-order valence-corrected chi connectivity index (χ4v) is 3.26. The highest BCUT2D eigenvalue weighted by Gasteiger charge is 2.24. The number of rotatable bonds is 4. The van der Waals surface area contributed by atoms with Gasteiger partial charge in [-0.2, -0.15) is 0 Å². The summed E-state index contributed by atoms with van der Waals surface area (Å²) in [5.41, 5.74) is 4.74. The van der Waals surface area contributed by atoms with Gasteiger partial charge in [0, 0.05) is 31.5 Å². The number of H-pyrrole nitrogens is 1. The number of pyridine rings is 1. The van der Waals surface area contributed by atoms with Gasteiger partial charge in [-0.15, -0.1) is 0 Å². The molecule has 1 aliphatic heterocycles. The third-order valence-corrected chi connectivity index (χ3v) is 4.49. The molecule has 7 nitrogen and oxygen atoms in total. The average molecular weight is 339 g/mol. The molecule has 0 radical (unpaired) electrons. The molecule has 130 valence electrons. The molecule has 7 heteroatoms. The second kappa shape index (κ2) is 6.78. The minimum Gasteiger partial charge on any atom is -0.369 e. The molecule has 1 saturated heterocycles. The topological polar surface area (TPSA) is 80.1 Å². The first-order valence-electron chi connectivity index (χ1n) is 8.42. The van der Waals surface area contributed by atoms with Gasteiger partial charge in [-0.1, -0.05) is 11.2 Å². The van der Waals surface area contributed by atoms with Gasteiger partial charge in [0.05, 0.1) is 35.6 Å². The van der Waals surface area contributed by atoms with Crippen molar-refractivity contribution in [2.75, 3.05) is 19.7 Å². The van der Waals surface area contributed by atoms with E-state index in [-0.39, 0.29) is 6.10 Å². The quantitative estimate of drug-likeness (QED) is 0.787. The predicted molar refractivity (Wildman–Crippen MR) is 91.8 cm³/mol. The number of ether oxygens (including phenoxy) is 1. The van der Waals surface area contributed by atoms with Crippen LogP contribution in [0.5, 0.6) is 0 Å². The molecule has 3 aromatic rings. The normalized spacial score (nSPS) is 18.6. The molecule has 0 unspecified atom stereocenters. The van der Waals surface area contributed by atoms with E-state index in [2.05, 4.69) is 20.0 Å². The Morgan fingerprint density at radius 2 is 2.24 bits per heavy atom. The molecule has 25 heavy (non-hydrogen) atoms. The van der Waals surface area contributed by atoms with E-state index in [0.717, 1.165) is 53.7 Å². The first-order valence-corrected chi connectivity index (χ1v) is 8.42. The summed E-state index contributed by atoms with van der Waals surface area (Å²) >= 11 is 0. The number of hydrogen-bond donors (Lipinski definition) is 1. The van der Waals surface area contributed by atoms with E-state index < -0.39 is 0 Å². The molecule has 0 bridgehead atoms. The lowest BCUT2D eigenvalue weighted by molar-refractivity contribution is -0.0352. The van der Waals surface area contributed by atoms with E-state index in [1.165, 1.54) is 0 Å². The number of aromatic amines is 1. The first-order chi connectivity index (χ1) is 12.2. The zero-order valence-electron chi connectivity index (χ0n) is 14.4. The van der Waals surface area contributed by atoms with Gasteiger partial charge >= 0.3 is 0 Å². The summed E-state index contributed by atoms with van der Waals surface area (Å²) in [4.78, 5) is 14.4. The molecule has 0 aromatic carbocycles. The Hall–Kier alpha value is -2.51. The zero-order valence-corrected chi connectivity index (χ0v) is 14.4. The Morgan fingerprint density at radius 1 is 1.32 bits per heavy atom. The van der Waals surface area contributed by atoms with Crippen LogP contribution in [-0.4, -0.2) is 44.7 Å². The van der Waals surface area contributed by atoms with Crippen LogP contribution in [0.3, 0.4) is 0 Å². The molecule has 1 aliphatic rings. The molecule has 3 aromatic heterocycles. The molecule has 0 spiro atoms. The Morgan fingerprint density at radius 3 is 3.00 bits per heavy atom. The molecule has 0 aliphatic carbocycles. The summed E-state index contributed by atoms with van der Waals surface area (Å²) < 4.78 is 11.2. The predicted octanol–water partition coefficient (Wildman–Crippen LogP) is 2.65. The van der Waals surface area contributed by atoms with Crippen LogP contribution < -0.4 is 0 Å². The lowest BCUT2D eigenvalue weighted by Crippen LogP contribution is -2.38. The van der Waals surface area contributed by atoms with Crippen molar-refractivity contribution in [1.82, 2.24) is 25.0 Å². The van der Waals surface area contributed by atoms with Gasteiger partial charge in [-0.05, 0) is 26.0 Å². The van der Waals surface area contributed by atoms with Gasteiger partial charge in [0.2, 0.25) is 0 Å². The number of morpholine rings is 1. The number of nitrogens with one attached hydrogen (secondary N) is 1. The van der Waals surface area contributed by atoms with Crippen LogP contribution in [0.25, 0.3) is 11.3 Å². The molecular formula is C18H21N5O2. The van der Waals surface area contributed by atoms with Crippen LogP contribution in [0.15, 0.2) is 35.2 Å². The lowest BCUT2D eigenvalue weighted by atomic mass is 10.1. The number of nitrogens with zero attached hydrogens (tertiary/aromatic N) is 4. The van der Waals surface area contributed by atoms with Crippen LogP contribution in [0.4, 0.5) is 0 Å². The van der Waals surface area contributed by atoms with E-state index in [9.17, 15) is 0 Å². The molecule has 0 saturated carbocycles. The zero-order chi connectivity index (χ0) is 17.2. The van der Waals surface area contributed by atoms with Crippen molar-refractivity contribution in [1.29, 1.82) is 0 Å². The van der Waals surface area contributed by atoms with Crippen molar-refractivity contribution < 1.29 is 9.26 Å². The molecule has 0 amide bonds. The third kappa shape index (κ3) is 3.33. The van der Waals surface area contributed by atoms with Crippen molar-refractivity contribution in [3.05, 3.63) is 53.6 Å². The largest absolute Gasteiger partial charge is 0.369 e. The highest BCUT2D eigenvalue weighted by molar-refractivity contribution is 5.63. The number of aryl methyl sites for hydroxylation is 2. The molecule has 1 atom stereocenters. The Kier molecular flexibility index (Phi) is 4.33. The van der Waals surface area contributed by atoms with Crippen molar-refractivity contribution in [2.45, 2.75) is 26.5 Å². The monoisotopic (exact) mass is 339 g/mol. The summed E-state index contributed by atoms with van der Waals surface area (Å²) in [6.07, 6.45) is 3.53. The van der Waals surface area contributed by atoms with Crippen LogP contribution in [-0.2, 0) is 11.3 Å². The van der Waals surface area contributed by atoms with Gasteiger partial charge in [-0.3, -0.25) is 4.90 Å². The molecule has 4 heterocycles. The van der Waals surface area contributed by atoms with Crippen molar-refractivity contribution >= 4 is 0 Å². The number of imidazole rings is 1. The average Bonchev–Trinajstić information content (AvgIpc) is 3.25. The number of hydrogen-bond acceptors (Lipinski definition) is 6. The van der Waals surface area contributed by atoms with E-state index in [1.807, 2.05) is 38.2 Å². The first kappa shape index (κ1) is 16.0. The Labute approximate surface area is 146 Å². The van der Waals surface area contributed by atoms with Crippen molar-refractivity contribution in [3.63, 3.8) is 0 Å². The van der Waals surface area contributed by atoms with E-state index in [1.54, 1.807) is 6.33 Å². The second-order valence-electron chi connectivity index (χ2n) is 6.32. The van der Waals surface area contributed by atoms with Crippen LogP contribution in [0.1, 0.15) is 28.9 Å². The maximum absolute atomic E-state index is 5.98. The molecule has 4 rings (SSSR count). The highest BCUT2D eigenvalue weighted by atomic mass is 16.5. The Balaban J connectivity index is 1.54. The number of aromatic nitrogens is 4. The highest BCUT2D eigenvalue weighted by Crippen LogP contribution is 2.28. The van der Waals surface area contributed by atoms with Crippen LogP contribution in [0, 0.1) is 13.8 Å². The van der Waals surface area contributed by atoms with Gasteiger partial charge in [0.1, 0.15) is 11.9 Å². The third-order valence-electron chi connectivity index (χ3n) is 4.49. The van der Waals surface area contributed by atoms with Crippen molar-refractivity contribution in [3.8, 4) is 11.3 Å². The standard InChI is InChI=1S/C18H21N5O2/c1-12-18(13(2)25-22-12)16-5-3-4-15(21-16)17-10-23(6-7-24-17)9-14-8-19-11-20-14/h3-5,8,11,17H,6-7,9-10H2,1-2H3,(H,19,20)/t17-/m0/s1. The van der Waals surface area contributed by atoms with Crippen LogP contribution >= 0.6 is 0 Å². The lowest BCUT2D eigenvalue weighted by Gasteiger charge is -2.32. The van der Waals surface area contributed by atoms with E-state index >= 15 is 0 Å². The van der Waals surface area contributed by atoms with E-state index in [4.69, 9.17) is 14.2 Å². The fraction of sp³-hybridized carbons (Fsp3) is 0.389. The maximum Gasteiger partial charge on any atom is 0.143 e. The van der Waals surface area contributed by atoms with Crippen molar-refractivity contribution in [2.24, 2.45) is 0 Å². The summed E-state index contributed by atoms with van der Waals surface area (Å²) in [6, 6.07) is 6.02. The summed E-state index contributed by atoms with van der Waals surface area (Å²) in [7, 11) is 0. The summed E-state index contributed by atoms with van der Waals surface area (Å²) in [6.45, 7) is 7.08. The van der Waals surface area contributed by atoms with Gasteiger partial charge in [0.15, 0.2) is 0 Å². The molecule has 1 fully saturated rings. The van der Waals surface area contributed by atoms with Gasteiger partial charge < -0.3 is 14.2 Å². The summed E-state index contributed by atoms with van der Waals surface area (Å²) in [5.74, 6) is 0.785. The van der Waals surface area contributed by atoms with Gasteiger partial charge in [0.25, 0.3) is 0 Å². The Bertz CT molecular complexity index is 824.